The molecule has 3 aromatic rings. The van der Waals surface area contributed by atoms with E-state index < -0.39 is 12.5 Å². The second-order valence-electron chi connectivity index (χ2n) is 5.28. The molecule has 10 heteroatoms. The van der Waals surface area contributed by atoms with E-state index in [-0.39, 0.29) is 18.0 Å². The quantitative estimate of drug-likeness (QED) is 0.641. The molecule has 7 nitrogen and oxygen atoms in total. The number of nitrogens with zero attached hydrogens (tertiary/aromatic N) is 3. The lowest BCUT2D eigenvalue weighted by molar-refractivity contribution is -0.114. The fourth-order valence-electron chi connectivity index (χ4n) is 2.32. The summed E-state index contributed by atoms with van der Waals surface area (Å²) in [5.74, 6) is -0.461. The molecule has 0 aliphatic carbocycles. The smallest absolute Gasteiger partial charge is 0.387 e. The summed E-state index contributed by atoms with van der Waals surface area (Å²) in [6.45, 7) is -3.13. The van der Waals surface area contributed by atoms with Gasteiger partial charge in [0.15, 0.2) is 0 Å². The fourth-order valence-corrected chi connectivity index (χ4v) is 2.49. The maximum atomic E-state index is 12.4. The van der Waals surface area contributed by atoms with Crippen LogP contribution < -0.4 is 15.4 Å². The van der Waals surface area contributed by atoms with Gasteiger partial charge in [0.25, 0.3) is 0 Å². The summed E-state index contributed by atoms with van der Waals surface area (Å²) < 4.78 is 30.8. The van der Waals surface area contributed by atoms with Crippen LogP contribution in [0, 0.1) is 0 Å². The molecule has 2 aromatic carbocycles. The lowest BCUT2D eigenvalue weighted by Crippen LogP contribution is -2.23. The van der Waals surface area contributed by atoms with E-state index in [0.717, 1.165) is 0 Å². The van der Waals surface area contributed by atoms with Crippen LogP contribution in [0.1, 0.15) is 0 Å². The van der Waals surface area contributed by atoms with Crippen LogP contribution in [0.4, 0.5) is 20.2 Å². The van der Waals surface area contributed by atoms with Crippen molar-refractivity contribution in [2.45, 2.75) is 6.61 Å². The van der Waals surface area contributed by atoms with E-state index in [9.17, 15) is 13.6 Å². The number of anilines is 2. The number of para-hydroxylation sites is 2. The molecule has 0 spiro atoms. The van der Waals surface area contributed by atoms with Crippen molar-refractivity contribution < 1.29 is 18.3 Å². The van der Waals surface area contributed by atoms with E-state index in [1.54, 1.807) is 30.3 Å². The highest BCUT2D eigenvalue weighted by atomic mass is 35.5. The summed E-state index contributed by atoms with van der Waals surface area (Å²) >= 11 is 6.00. The number of nitrogens with one attached hydrogen (secondary N) is 2. The van der Waals surface area contributed by atoms with Crippen molar-refractivity contribution in [2.24, 2.45) is 0 Å². The van der Waals surface area contributed by atoms with E-state index >= 15 is 0 Å². The van der Waals surface area contributed by atoms with E-state index in [4.69, 9.17) is 11.6 Å². The predicted molar refractivity (Wildman–Crippen MR) is 96.6 cm³/mol. The molecule has 0 saturated heterocycles. The molecule has 2 N–H and O–H groups in total. The number of hydrogen-bond donors (Lipinski definition) is 2. The average molecular weight is 394 g/mol. The molecule has 0 aliphatic heterocycles. The zero-order chi connectivity index (χ0) is 19.2. The number of halogens is 3. The van der Waals surface area contributed by atoms with Gasteiger partial charge in [-0.1, -0.05) is 23.7 Å². The summed E-state index contributed by atoms with van der Waals surface area (Å²) in [5.41, 5.74) is 1.28. The predicted octanol–water partition coefficient (Wildman–Crippen LogP) is 3.57. The van der Waals surface area contributed by atoms with Gasteiger partial charge in [0.2, 0.25) is 5.91 Å². The Hall–Kier alpha value is -3.20. The number of amides is 1. The maximum Gasteiger partial charge on any atom is 0.387 e. The Morgan fingerprint density at radius 2 is 2.04 bits per heavy atom. The molecule has 1 heterocycles. The van der Waals surface area contributed by atoms with Crippen LogP contribution in [-0.4, -0.2) is 33.8 Å². The molecule has 0 radical (unpaired) electrons. The molecular weight excluding hydrogens is 380 g/mol. The van der Waals surface area contributed by atoms with E-state index in [0.29, 0.717) is 16.4 Å². The standard InChI is InChI=1S/C17H14ClF2N5O2/c18-11-5-6-14(25-10-21-9-23-25)13(7-11)24-16(26)8-22-12-3-1-2-4-15(12)27-17(19)20/h1-7,9-10,17,22H,8H2,(H,24,26). The second-order valence-corrected chi connectivity index (χ2v) is 5.71. The monoisotopic (exact) mass is 393 g/mol. The Kier molecular flexibility index (Phi) is 5.82. The summed E-state index contributed by atoms with van der Waals surface area (Å²) in [6, 6.07) is 11.0. The fraction of sp³-hybridized carbons (Fsp3) is 0.118. The van der Waals surface area contributed by atoms with Gasteiger partial charge in [0.05, 0.1) is 23.6 Å². The third-order valence-electron chi connectivity index (χ3n) is 3.44. The van der Waals surface area contributed by atoms with Crippen molar-refractivity contribution in [1.29, 1.82) is 0 Å². The van der Waals surface area contributed by atoms with Gasteiger partial charge in [-0.05, 0) is 30.3 Å². The number of hydrogen-bond acceptors (Lipinski definition) is 5. The topological polar surface area (TPSA) is 81.1 Å². The third kappa shape index (κ3) is 4.91. The van der Waals surface area contributed by atoms with Crippen molar-refractivity contribution in [3.8, 4) is 11.4 Å². The number of benzene rings is 2. The van der Waals surface area contributed by atoms with Crippen LogP contribution >= 0.6 is 11.6 Å². The van der Waals surface area contributed by atoms with Gasteiger partial charge in [0, 0.05) is 5.02 Å². The first-order chi connectivity index (χ1) is 13.0. The minimum atomic E-state index is -2.96. The largest absolute Gasteiger partial charge is 0.433 e. The Bertz CT molecular complexity index is 921. The normalized spacial score (nSPS) is 10.7. The van der Waals surface area contributed by atoms with Gasteiger partial charge < -0.3 is 15.4 Å². The van der Waals surface area contributed by atoms with Gasteiger partial charge in [-0.3, -0.25) is 4.79 Å². The summed E-state index contributed by atoms with van der Waals surface area (Å²) in [5, 5.41) is 9.93. The molecule has 0 bridgehead atoms. The van der Waals surface area contributed by atoms with E-state index in [2.05, 4.69) is 25.5 Å². The lowest BCUT2D eigenvalue weighted by Gasteiger charge is -2.14. The molecular formula is C17H14ClF2N5O2. The van der Waals surface area contributed by atoms with Crippen LogP contribution in [0.15, 0.2) is 55.1 Å². The zero-order valence-corrected chi connectivity index (χ0v) is 14.5. The highest BCUT2D eigenvalue weighted by molar-refractivity contribution is 6.31. The molecule has 0 aliphatic rings. The Balaban J connectivity index is 1.70. The minimum absolute atomic E-state index is 0.0497. The molecule has 0 unspecified atom stereocenters. The van der Waals surface area contributed by atoms with Crippen molar-refractivity contribution in [3.05, 3.63) is 60.1 Å². The highest BCUT2D eigenvalue weighted by Crippen LogP contribution is 2.26. The van der Waals surface area contributed by atoms with Crippen molar-refractivity contribution in [1.82, 2.24) is 14.8 Å². The van der Waals surface area contributed by atoms with Gasteiger partial charge in [-0.25, -0.2) is 9.67 Å². The van der Waals surface area contributed by atoms with E-state index in [1.165, 1.54) is 29.5 Å². The zero-order valence-electron chi connectivity index (χ0n) is 13.8. The molecule has 0 atom stereocenters. The Morgan fingerprint density at radius 3 is 2.78 bits per heavy atom. The molecule has 140 valence electrons. The number of ether oxygens (including phenoxy) is 1. The first kappa shape index (κ1) is 18.6. The van der Waals surface area contributed by atoms with Gasteiger partial charge in [-0.15, -0.1) is 0 Å². The second kappa shape index (κ2) is 8.45. The average Bonchev–Trinajstić information content (AvgIpc) is 3.15. The van der Waals surface area contributed by atoms with Crippen molar-refractivity contribution in [3.63, 3.8) is 0 Å². The van der Waals surface area contributed by atoms with Crippen LogP contribution in [0.5, 0.6) is 5.75 Å². The summed E-state index contributed by atoms with van der Waals surface area (Å²) in [4.78, 5) is 16.2. The number of carbonyl (C=O) groups excluding carboxylic acids is 1. The highest BCUT2D eigenvalue weighted by Gasteiger charge is 2.12. The summed E-state index contributed by atoms with van der Waals surface area (Å²) in [7, 11) is 0. The molecule has 1 aromatic heterocycles. The minimum Gasteiger partial charge on any atom is -0.433 e. The first-order valence-electron chi connectivity index (χ1n) is 7.75. The van der Waals surface area contributed by atoms with Crippen molar-refractivity contribution in [2.75, 3.05) is 17.2 Å². The van der Waals surface area contributed by atoms with Crippen LogP contribution in [-0.2, 0) is 4.79 Å². The number of rotatable bonds is 7. The Morgan fingerprint density at radius 1 is 1.22 bits per heavy atom. The molecule has 0 saturated carbocycles. The maximum absolute atomic E-state index is 12.4. The molecule has 3 rings (SSSR count). The first-order valence-corrected chi connectivity index (χ1v) is 8.13. The third-order valence-corrected chi connectivity index (χ3v) is 3.68. The number of alkyl halides is 2. The van der Waals surface area contributed by atoms with Gasteiger partial charge in [0.1, 0.15) is 18.4 Å². The molecule has 27 heavy (non-hydrogen) atoms. The molecule has 1 amide bonds. The Labute approximate surface area is 157 Å². The number of aromatic nitrogens is 3. The number of carbonyl (C=O) groups is 1. The van der Waals surface area contributed by atoms with Crippen LogP contribution in [0.25, 0.3) is 5.69 Å². The van der Waals surface area contributed by atoms with Crippen molar-refractivity contribution >= 4 is 28.9 Å². The van der Waals surface area contributed by atoms with Gasteiger partial charge >= 0.3 is 6.61 Å². The van der Waals surface area contributed by atoms with Gasteiger partial charge in [-0.2, -0.15) is 13.9 Å². The van der Waals surface area contributed by atoms with Crippen LogP contribution in [0.3, 0.4) is 0 Å². The summed E-state index contributed by atoms with van der Waals surface area (Å²) in [6.07, 6.45) is 2.84. The molecule has 0 fully saturated rings. The SMILES string of the molecule is O=C(CNc1ccccc1OC(F)F)Nc1cc(Cl)ccc1-n1cncn1. The van der Waals surface area contributed by atoms with E-state index in [1.807, 2.05) is 0 Å². The lowest BCUT2D eigenvalue weighted by atomic mass is 10.2. The van der Waals surface area contributed by atoms with Crippen LogP contribution in [0.2, 0.25) is 5.02 Å².